The normalized spacial score (nSPS) is 10.9. The summed E-state index contributed by atoms with van der Waals surface area (Å²) in [6.07, 6.45) is 0. The topological polar surface area (TPSA) is 65.3 Å². The van der Waals surface area contributed by atoms with Gasteiger partial charge in [0.05, 0.1) is 23.8 Å². The Morgan fingerprint density at radius 1 is 1.08 bits per heavy atom. The molecule has 1 aromatic heterocycles. The third kappa shape index (κ3) is 2.65. The predicted molar refractivity (Wildman–Crippen MR) is 89.0 cm³/mol. The van der Waals surface area contributed by atoms with Gasteiger partial charge in [0, 0.05) is 20.2 Å². The fraction of sp³-hybridized carbons (Fsp3) is 0.176. The van der Waals surface area contributed by atoms with E-state index in [-0.39, 0.29) is 17.1 Å². The minimum Gasteiger partial charge on any atom is -0.494 e. The minimum absolute atomic E-state index is 0.198. The molecule has 25 heavy (non-hydrogen) atoms. The zero-order valence-corrected chi connectivity index (χ0v) is 13.8. The first-order valence-electron chi connectivity index (χ1n) is 7.34. The van der Waals surface area contributed by atoms with Gasteiger partial charge in [0.15, 0.2) is 0 Å². The van der Waals surface area contributed by atoms with E-state index < -0.39 is 23.1 Å². The molecule has 8 heteroatoms. The van der Waals surface area contributed by atoms with Crippen molar-refractivity contribution in [1.29, 1.82) is 0 Å². The van der Waals surface area contributed by atoms with Gasteiger partial charge in [0.25, 0.3) is 5.91 Å². The lowest BCUT2D eigenvalue weighted by Gasteiger charge is -2.12. The van der Waals surface area contributed by atoms with Gasteiger partial charge in [-0.3, -0.25) is 13.9 Å². The number of amides is 1. The number of aryl methyl sites for hydroxylation is 2. The lowest BCUT2D eigenvalue weighted by molar-refractivity contribution is 0.101. The molecule has 0 saturated carbocycles. The highest BCUT2D eigenvalue weighted by Crippen LogP contribution is 2.30. The molecule has 0 spiro atoms. The summed E-state index contributed by atoms with van der Waals surface area (Å²) in [5, 5.41) is 2.44. The summed E-state index contributed by atoms with van der Waals surface area (Å²) < 4.78 is 35.6. The van der Waals surface area contributed by atoms with Crippen molar-refractivity contribution in [2.24, 2.45) is 14.1 Å². The molecule has 0 fully saturated rings. The summed E-state index contributed by atoms with van der Waals surface area (Å²) in [6, 6.07) is 6.27. The maximum Gasteiger partial charge on any atom is 0.328 e. The van der Waals surface area contributed by atoms with Gasteiger partial charge in [0.2, 0.25) is 0 Å². The number of nitrogens with zero attached hydrogens (tertiary/aromatic N) is 2. The number of rotatable bonds is 3. The first-order valence-corrected chi connectivity index (χ1v) is 7.34. The van der Waals surface area contributed by atoms with E-state index in [1.54, 1.807) is 20.2 Å². The van der Waals surface area contributed by atoms with E-state index in [9.17, 15) is 18.4 Å². The number of carbonyl (C=O) groups excluding carboxylic acids is 1. The Bertz CT molecular complexity index is 1030. The monoisotopic (exact) mass is 347 g/mol. The SMILES string of the molecule is COc1cc2c(cc1NC(=O)c1c(F)cccc1F)n(C)c(=O)n2C. The van der Waals surface area contributed by atoms with E-state index in [1.165, 1.54) is 28.4 Å². The molecule has 0 aliphatic rings. The molecule has 1 N–H and O–H groups in total. The average molecular weight is 347 g/mol. The summed E-state index contributed by atoms with van der Waals surface area (Å²) in [5.41, 5.74) is 0.396. The number of imidazole rings is 1. The van der Waals surface area contributed by atoms with E-state index in [1.807, 2.05) is 0 Å². The molecule has 0 atom stereocenters. The van der Waals surface area contributed by atoms with Gasteiger partial charge in [-0.2, -0.15) is 0 Å². The molecule has 0 unspecified atom stereocenters. The van der Waals surface area contributed by atoms with Crippen LogP contribution in [0.1, 0.15) is 10.4 Å². The zero-order chi connectivity index (χ0) is 18.3. The number of fused-ring (bicyclic) bond motifs is 1. The van der Waals surface area contributed by atoms with Crippen molar-refractivity contribution in [2.45, 2.75) is 0 Å². The highest BCUT2D eigenvalue weighted by molar-refractivity contribution is 6.06. The summed E-state index contributed by atoms with van der Waals surface area (Å²) in [4.78, 5) is 24.3. The summed E-state index contributed by atoms with van der Waals surface area (Å²) >= 11 is 0. The largest absolute Gasteiger partial charge is 0.494 e. The van der Waals surface area contributed by atoms with Crippen molar-refractivity contribution < 1.29 is 18.3 Å². The molecule has 0 saturated heterocycles. The Hall–Kier alpha value is -3.16. The van der Waals surface area contributed by atoms with Crippen LogP contribution in [0.4, 0.5) is 14.5 Å². The lowest BCUT2D eigenvalue weighted by Crippen LogP contribution is -2.19. The third-order valence-electron chi connectivity index (χ3n) is 4.03. The molecule has 3 rings (SSSR count). The molecular formula is C17H15F2N3O3. The highest BCUT2D eigenvalue weighted by Gasteiger charge is 2.20. The molecule has 1 amide bonds. The van der Waals surface area contributed by atoms with Crippen LogP contribution in [0.3, 0.4) is 0 Å². The molecule has 6 nitrogen and oxygen atoms in total. The summed E-state index contributed by atoms with van der Waals surface area (Å²) in [5.74, 6) is -2.62. The number of hydrogen-bond acceptors (Lipinski definition) is 3. The smallest absolute Gasteiger partial charge is 0.328 e. The maximum absolute atomic E-state index is 13.8. The maximum atomic E-state index is 13.8. The van der Waals surface area contributed by atoms with Gasteiger partial charge in [-0.15, -0.1) is 0 Å². The van der Waals surface area contributed by atoms with Gasteiger partial charge < -0.3 is 10.1 Å². The average Bonchev–Trinajstić information content (AvgIpc) is 2.78. The summed E-state index contributed by atoms with van der Waals surface area (Å²) in [6.45, 7) is 0. The Morgan fingerprint density at radius 3 is 2.20 bits per heavy atom. The van der Waals surface area contributed by atoms with E-state index in [0.29, 0.717) is 11.0 Å². The number of hydrogen-bond donors (Lipinski definition) is 1. The minimum atomic E-state index is -0.968. The van der Waals surface area contributed by atoms with Crippen LogP contribution in [-0.2, 0) is 14.1 Å². The molecule has 2 aromatic carbocycles. The van der Waals surface area contributed by atoms with Gasteiger partial charge >= 0.3 is 5.69 Å². The quantitative estimate of drug-likeness (QED) is 0.791. The number of halogens is 2. The van der Waals surface area contributed by atoms with Crippen molar-refractivity contribution >= 4 is 22.6 Å². The van der Waals surface area contributed by atoms with Crippen molar-refractivity contribution in [3.05, 3.63) is 58.0 Å². The number of ether oxygens (including phenoxy) is 1. The number of methoxy groups -OCH3 is 1. The number of carbonyl (C=O) groups is 1. The first kappa shape index (κ1) is 16.7. The van der Waals surface area contributed by atoms with Crippen molar-refractivity contribution in [1.82, 2.24) is 9.13 Å². The van der Waals surface area contributed by atoms with Crippen LogP contribution in [0.15, 0.2) is 35.1 Å². The Morgan fingerprint density at radius 2 is 1.64 bits per heavy atom. The number of nitrogens with one attached hydrogen (secondary N) is 1. The van der Waals surface area contributed by atoms with Crippen molar-refractivity contribution in [2.75, 3.05) is 12.4 Å². The zero-order valence-electron chi connectivity index (χ0n) is 13.8. The van der Waals surface area contributed by atoms with E-state index in [2.05, 4.69) is 5.32 Å². The molecule has 0 bridgehead atoms. The Labute approximate surface area is 141 Å². The van der Waals surface area contributed by atoms with E-state index >= 15 is 0 Å². The van der Waals surface area contributed by atoms with Gasteiger partial charge in [-0.1, -0.05) is 6.07 Å². The van der Waals surface area contributed by atoms with E-state index in [0.717, 1.165) is 12.1 Å². The van der Waals surface area contributed by atoms with Crippen LogP contribution in [0.5, 0.6) is 5.75 Å². The number of aromatic nitrogens is 2. The molecule has 1 heterocycles. The van der Waals surface area contributed by atoms with Crippen LogP contribution in [0.25, 0.3) is 11.0 Å². The van der Waals surface area contributed by atoms with Gasteiger partial charge in [-0.05, 0) is 18.2 Å². The van der Waals surface area contributed by atoms with Crippen LogP contribution in [-0.4, -0.2) is 22.2 Å². The third-order valence-corrected chi connectivity index (χ3v) is 4.03. The fourth-order valence-electron chi connectivity index (χ4n) is 2.69. The second-order valence-electron chi connectivity index (χ2n) is 5.49. The second kappa shape index (κ2) is 6.04. The van der Waals surface area contributed by atoms with Crippen LogP contribution in [0, 0.1) is 11.6 Å². The summed E-state index contributed by atoms with van der Waals surface area (Å²) in [7, 11) is 4.58. The molecule has 0 radical (unpaired) electrons. The first-order chi connectivity index (χ1) is 11.8. The molecule has 3 aromatic rings. The van der Waals surface area contributed by atoms with Crippen LogP contribution < -0.4 is 15.7 Å². The molecule has 130 valence electrons. The second-order valence-corrected chi connectivity index (χ2v) is 5.49. The highest BCUT2D eigenvalue weighted by atomic mass is 19.1. The fourth-order valence-corrected chi connectivity index (χ4v) is 2.69. The van der Waals surface area contributed by atoms with Crippen molar-refractivity contribution in [3.8, 4) is 5.75 Å². The Kier molecular flexibility index (Phi) is 4.03. The lowest BCUT2D eigenvalue weighted by atomic mass is 10.1. The molecule has 0 aliphatic heterocycles. The predicted octanol–water partition coefficient (Wildman–Crippen LogP) is 2.42. The standard InChI is InChI=1S/C17H15F2N3O3/c1-21-12-7-11(14(25-3)8-13(12)22(2)17(21)24)20-16(23)15-9(18)5-4-6-10(15)19/h4-8H,1-3H3,(H,20,23). The van der Waals surface area contributed by atoms with Crippen LogP contribution in [0.2, 0.25) is 0 Å². The Balaban J connectivity index is 2.11. The van der Waals surface area contributed by atoms with Gasteiger partial charge in [0.1, 0.15) is 22.9 Å². The van der Waals surface area contributed by atoms with Gasteiger partial charge in [-0.25, -0.2) is 13.6 Å². The number of benzene rings is 2. The number of anilines is 1. The van der Waals surface area contributed by atoms with E-state index in [4.69, 9.17) is 4.74 Å². The molecule has 0 aliphatic carbocycles. The van der Waals surface area contributed by atoms with Crippen LogP contribution >= 0.6 is 0 Å². The van der Waals surface area contributed by atoms with Crippen molar-refractivity contribution in [3.63, 3.8) is 0 Å². The molecular weight excluding hydrogens is 332 g/mol.